The van der Waals surface area contributed by atoms with Gasteiger partial charge in [-0.25, -0.2) is 4.98 Å². The van der Waals surface area contributed by atoms with Crippen LogP contribution in [0.1, 0.15) is 6.92 Å². The number of hydrogen-bond acceptors (Lipinski definition) is 2. The molecule has 1 radical (unpaired) electrons. The molecule has 3 heteroatoms. The van der Waals surface area contributed by atoms with Crippen molar-refractivity contribution in [2.24, 2.45) is 0 Å². The first-order chi connectivity index (χ1) is 8.38. The monoisotopic (exact) mass is 222 g/mol. The van der Waals surface area contributed by atoms with E-state index in [1.165, 1.54) is 0 Å². The zero-order valence-corrected chi connectivity index (χ0v) is 9.59. The van der Waals surface area contributed by atoms with E-state index in [4.69, 9.17) is 0 Å². The lowest BCUT2D eigenvalue weighted by atomic mass is 10.1. The van der Waals surface area contributed by atoms with Crippen LogP contribution < -0.4 is 0 Å². The number of pyridine rings is 1. The van der Waals surface area contributed by atoms with E-state index in [2.05, 4.69) is 47.5 Å². The predicted molar refractivity (Wildman–Crippen MR) is 67.5 cm³/mol. The van der Waals surface area contributed by atoms with E-state index in [-0.39, 0.29) is 0 Å². The van der Waals surface area contributed by atoms with Gasteiger partial charge in [0.25, 0.3) is 0 Å². The van der Waals surface area contributed by atoms with Gasteiger partial charge in [0.05, 0.1) is 11.0 Å². The predicted octanol–water partition coefficient (Wildman–Crippen LogP) is 2.92. The van der Waals surface area contributed by atoms with E-state index in [0.29, 0.717) is 0 Å². The van der Waals surface area contributed by atoms with Gasteiger partial charge in [0.15, 0.2) is 6.33 Å². The first kappa shape index (κ1) is 10.0. The quantitative estimate of drug-likeness (QED) is 0.667. The molecule has 83 valence electrons. The second-order valence-electron chi connectivity index (χ2n) is 3.90. The molecule has 0 saturated carbocycles. The summed E-state index contributed by atoms with van der Waals surface area (Å²) >= 11 is 0. The third-order valence-electron chi connectivity index (χ3n) is 2.87. The summed E-state index contributed by atoms with van der Waals surface area (Å²) in [5, 5.41) is 0. The Labute approximate surface area is 99.8 Å². The van der Waals surface area contributed by atoms with E-state index in [0.717, 1.165) is 28.7 Å². The Kier molecular flexibility index (Phi) is 2.37. The summed E-state index contributed by atoms with van der Waals surface area (Å²) in [5.41, 5.74) is 4.36. The third-order valence-corrected chi connectivity index (χ3v) is 2.87. The summed E-state index contributed by atoms with van der Waals surface area (Å²) in [5.74, 6) is 0. The van der Waals surface area contributed by atoms with Gasteiger partial charge in [0, 0.05) is 24.5 Å². The second-order valence-corrected chi connectivity index (χ2v) is 3.90. The average Bonchev–Trinajstić information content (AvgIpc) is 2.81. The number of rotatable bonds is 2. The van der Waals surface area contributed by atoms with Crippen molar-refractivity contribution in [2.75, 3.05) is 0 Å². The highest BCUT2D eigenvalue weighted by Crippen LogP contribution is 2.22. The van der Waals surface area contributed by atoms with Crippen LogP contribution in [0.4, 0.5) is 0 Å². The Morgan fingerprint density at radius 1 is 1.24 bits per heavy atom. The first-order valence-corrected chi connectivity index (χ1v) is 5.67. The van der Waals surface area contributed by atoms with Crippen molar-refractivity contribution < 1.29 is 0 Å². The number of hydrogen-bond donors (Lipinski definition) is 0. The van der Waals surface area contributed by atoms with Crippen molar-refractivity contribution in [2.45, 2.75) is 13.5 Å². The topological polar surface area (TPSA) is 30.7 Å². The van der Waals surface area contributed by atoms with Crippen LogP contribution in [-0.4, -0.2) is 14.5 Å². The normalized spacial score (nSPS) is 10.9. The van der Waals surface area contributed by atoms with Gasteiger partial charge in [-0.15, -0.1) is 0 Å². The molecule has 0 atom stereocenters. The maximum absolute atomic E-state index is 4.29. The van der Waals surface area contributed by atoms with Crippen LogP contribution in [0.5, 0.6) is 0 Å². The van der Waals surface area contributed by atoms with Gasteiger partial charge in [-0.1, -0.05) is 12.1 Å². The minimum atomic E-state index is 0.892. The summed E-state index contributed by atoms with van der Waals surface area (Å²) in [6.07, 6.45) is 6.64. The van der Waals surface area contributed by atoms with Crippen LogP contribution >= 0.6 is 0 Å². The first-order valence-electron chi connectivity index (χ1n) is 5.67. The maximum Gasteiger partial charge on any atom is 0.177 e. The van der Waals surface area contributed by atoms with Gasteiger partial charge in [-0.05, 0) is 30.7 Å². The molecule has 0 saturated heterocycles. The van der Waals surface area contributed by atoms with Gasteiger partial charge < -0.3 is 4.57 Å². The minimum Gasteiger partial charge on any atom is -0.322 e. The van der Waals surface area contributed by atoms with Gasteiger partial charge in [-0.3, -0.25) is 4.98 Å². The van der Waals surface area contributed by atoms with Crippen LogP contribution in [0.2, 0.25) is 0 Å². The highest BCUT2D eigenvalue weighted by Gasteiger charge is 2.04. The van der Waals surface area contributed by atoms with E-state index in [1.54, 1.807) is 6.20 Å². The number of aryl methyl sites for hydroxylation is 1. The van der Waals surface area contributed by atoms with Crippen molar-refractivity contribution in [3.05, 3.63) is 49.1 Å². The molecule has 0 bridgehead atoms. The lowest BCUT2D eigenvalue weighted by Gasteiger charge is -2.02. The van der Waals surface area contributed by atoms with E-state index < -0.39 is 0 Å². The molecule has 3 rings (SSSR count). The summed E-state index contributed by atoms with van der Waals surface area (Å²) in [6, 6.07) is 10.3. The highest BCUT2D eigenvalue weighted by atomic mass is 15.0. The number of benzene rings is 1. The van der Waals surface area contributed by atoms with Crippen molar-refractivity contribution in [3.8, 4) is 11.1 Å². The molecule has 2 heterocycles. The zero-order valence-electron chi connectivity index (χ0n) is 9.59. The fourth-order valence-electron chi connectivity index (χ4n) is 1.96. The lowest BCUT2D eigenvalue weighted by molar-refractivity contribution is 0.780. The molecule has 0 amide bonds. The van der Waals surface area contributed by atoms with Gasteiger partial charge >= 0.3 is 0 Å². The molecule has 0 aliphatic carbocycles. The number of nitrogens with zero attached hydrogens (tertiary/aromatic N) is 3. The van der Waals surface area contributed by atoms with Crippen LogP contribution in [-0.2, 0) is 6.54 Å². The van der Waals surface area contributed by atoms with Crippen molar-refractivity contribution in [1.82, 2.24) is 14.5 Å². The number of aromatic nitrogens is 3. The standard InChI is InChI=1S/C14H12N3/c1-2-17-10-16-13-8-11(5-6-14(13)17)12-4-3-7-15-9-12/h3-9H,2H2,1H3. The number of fused-ring (bicyclic) bond motifs is 1. The van der Waals surface area contributed by atoms with Gasteiger partial charge in [0.2, 0.25) is 0 Å². The summed E-state index contributed by atoms with van der Waals surface area (Å²) in [6.45, 7) is 2.98. The molecule has 17 heavy (non-hydrogen) atoms. The molecular weight excluding hydrogens is 210 g/mol. The zero-order chi connectivity index (χ0) is 11.7. The van der Waals surface area contributed by atoms with Crippen LogP contribution in [0.25, 0.3) is 22.2 Å². The van der Waals surface area contributed by atoms with Crippen LogP contribution in [0.3, 0.4) is 0 Å². The fraction of sp³-hybridized carbons (Fsp3) is 0.143. The molecule has 2 aromatic heterocycles. The molecular formula is C14H12N3. The van der Waals surface area contributed by atoms with E-state index in [9.17, 15) is 0 Å². The Morgan fingerprint density at radius 2 is 2.18 bits per heavy atom. The Bertz CT molecular complexity index is 641. The van der Waals surface area contributed by atoms with Crippen molar-refractivity contribution in [3.63, 3.8) is 0 Å². The van der Waals surface area contributed by atoms with Gasteiger partial charge in [0.1, 0.15) is 0 Å². The minimum absolute atomic E-state index is 0.892. The molecule has 3 nitrogen and oxygen atoms in total. The van der Waals surface area contributed by atoms with E-state index >= 15 is 0 Å². The molecule has 0 unspecified atom stereocenters. The van der Waals surface area contributed by atoms with Gasteiger partial charge in [-0.2, -0.15) is 0 Å². The smallest absolute Gasteiger partial charge is 0.177 e. The summed E-state index contributed by atoms with van der Waals surface area (Å²) < 4.78 is 2.02. The average molecular weight is 222 g/mol. The largest absolute Gasteiger partial charge is 0.322 e. The molecule has 0 fully saturated rings. The third kappa shape index (κ3) is 1.69. The van der Waals surface area contributed by atoms with Crippen molar-refractivity contribution in [1.29, 1.82) is 0 Å². The molecule has 0 aliphatic rings. The highest BCUT2D eigenvalue weighted by molar-refractivity contribution is 5.81. The molecule has 0 N–H and O–H groups in total. The molecule has 3 aromatic rings. The summed E-state index contributed by atoms with van der Waals surface area (Å²) in [7, 11) is 0. The lowest BCUT2D eigenvalue weighted by Crippen LogP contribution is -1.90. The second kappa shape index (κ2) is 4.01. The Morgan fingerprint density at radius 3 is 2.94 bits per heavy atom. The molecule has 0 aliphatic heterocycles. The molecule has 0 spiro atoms. The number of imidazole rings is 1. The summed E-state index contributed by atoms with van der Waals surface area (Å²) in [4.78, 5) is 8.42. The molecule has 1 aromatic carbocycles. The Hall–Kier alpha value is -2.16. The van der Waals surface area contributed by atoms with Crippen LogP contribution in [0.15, 0.2) is 42.7 Å². The fourth-order valence-corrected chi connectivity index (χ4v) is 1.96. The van der Waals surface area contributed by atoms with Crippen LogP contribution in [0, 0.1) is 6.33 Å². The Balaban J connectivity index is 2.15. The van der Waals surface area contributed by atoms with Crippen molar-refractivity contribution >= 4 is 11.0 Å². The van der Waals surface area contributed by atoms with E-state index in [1.807, 2.05) is 16.8 Å². The SMILES string of the molecule is CCn1[c]nc2cc(-c3cccnc3)ccc21. The maximum atomic E-state index is 4.29.